The molecule has 4 N–H and O–H groups in total. The topological polar surface area (TPSA) is 143 Å². The molecule has 1 aromatic carbocycles. The number of aliphatic carboxylic acids is 1. The largest absolute Gasteiger partial charge is 0.480 e. The molecule has 2 amide bonds. The average Bonchev–Trinajstić information content (AvgIpc) is 3.52. The highest BCUT2D eigenvalue weighted by molar-refractivity contribution is 6.03. The van der Waals surface area contributed by atoms with Crippen molar-refractivity contribution in [3.8, 4) is 11.3 Å². The van der Waals surface area contributed by atoms with Crippen molar-refractivity contribution < 1.29 is 41.4 Å². The van der Waals surface area contributed by atoms with E-state index in [0.717, 1.165) is 29.8 Å². The van der Waals surface area contributed by atoms with Crippen LogP contribution < -0.4 is 16.0 Å². The number of nitrogens with one attached hydrogen (secondary N) is 3. The summed E-state index contributed by atoms with van der Waals surface area (Å²) in [5.41, 5.74) is -0.621. The second-order valence-corrected chi connectivity index (χ2v) is 9.60. The van der Waals surface area contributed by atoms with Gasteiger partial charge in [0.2, 0.25) is 0 Å². The number of nitrogens with zero attached hydrogens (tertiary/aromatic N) is 4. The summed E-state index contributed by atoms with van der Waals surface area (Å²) in [4.78, 5) is 40.1. The zero-order chi connectivity index (χ0) is 31.7. The molecule has 0 saturated heterocycles. The standard InChI is InChI=1S/C27H32F5N7O4/c1-3-16-11-17(7-8-18(16)25(42)34-10-6-4-5-9-33-13-22(40)41)36-26(43)24-35-12-20(38(24)2)19-14-39(15-21(28)29)37-23(19)27(30,31)32/h7-8,11-12,14,21,33H,3-6,9-10,13,15H2,1-2H3,(H,34,42)(H,36,43)(H,40,41). The first-order valence-corrected chi connectivity index (χ1v) is 13.4. The van der Waals surface area contributed by atoms with Gasteiger partial charge in [0.25, 0.3) is 18.2 Å². The molecule has 11 nitrogen and oxygen atoms in total. The van der Waals surface area contributed by atoms with E-state index in [0.29, 0.717) is 47.4 Å². The van der Waals surface area contributed by atoms with Crippen LogP contribution in [0.15, 0.2) is 30.6 Å². The quantitative estimate of drug-likeness (QED) is 0.150. The zero-order valence-corrected chi connectivity index (χ0v) is 23.5. The van der Waals surface area contributed by atoms with Crippen molar-refractivity contribution in [3.63, 3.8) is 0 Å². The van der Waals surface area contributed by atoms with Crippen LogP contribution in [0.25, 0.3) is 11.3 Å². The lowest BCUT2D eigenvalue weighted by Gasteiger charge is -2.12. The number of benzene rings is 1. The van der Waals surface area contributed by atoms with Crippen LogP contribution in [-0.2, 0) is 31.0 Å². The van der Waals surface area contributed by atoms with Crippen LogP contribution in [0.2, 0.25) is 0 Å². The van der Waals surface area contributed by atoms with Crippen molar-refractivity contribution in [1.29, 1.82) is 0 Å². The fourth-order valence-electron chi connectivity index (χ4n) is 4.34. The van der Waals surface area contributed by atoms with Crippen molar-refractivity contribution in [3.05, 3.63) is 53.2 Å². The molecule has 0 aliphatic rings. The van der Waals surface area contributed by atoms with Gasteiger partial charge >= 0.3 is 12.1 Å². The predicted octanol–water partition coefficient (Wildman–Crippen LogP) is 3.96. The molecule has 234 valence electrons. The van der Waals surface area contributed by atoms with E-state index in [1.165, 1.54) is 13.1 Å². The Kier molecular flexibility index (Phi) is 11.3. The van der Waals surface area contributed by atoms with E-state index >= 15 is 0 Å². The Hall–Kier alpha value is -4.34. The fraction of sp³-hybridized carbons (Fsp3) is 0.444. The average molecular weight is 614 g/mol. The van der Waals surface area contributed by atoms with E-state index in [9.17, 15) is 36.3 Å². The molecular weight excluding hydrogens is 581 g/mol. The van der Waals surface area contributed by atoms with Crippen molar-refractivity contribution in [2.24, 2.45) is 7.05 Å². The lowest BCUT2D eigenvalue weighted by Crippen LogP contribution is -2.26. The fourth-order valence-corrected chi connectivity index (χ4v) is 4.34. The Morgan fingerprint density at radius 3 is 2.44 bits per heavy atom. The third-order valence-corrected chi connectivity index (χ3v) is 6.40. The summed E-state index contributed by atoms with van der Waals surface area (Å²) in [7, 11) is 1.32. The number of aromatic nitrogens is 4. The van der Waals surface area contributed by atoms with Crippen molar-refractivity contribution in [2.75, 3.05) is 25.0 Å². The van der Waals surface area contributed by atoms with Crippen LogP contribution in [0.4, 0.5) is 27.6 Å². The SMILES string of the molecule is CCc1cc(NC(=O)c2ncc(-c3cn(CC(F)F)nc3C(F)(F)F)n2C)ccc1C(=O)NCCCCCNCC(=O)O. The van der Waals surface area contributed by atoms with Crippen molar-refractivity contribution in [2.45, 2.75) is 51.8 Å². The minimum Gasteiger partial charge on any atom is -0.480 e. The molecule has 3 aromatic rings. The molecule has 0 atom stereocenters. The van der Waals surface area contributed by atoms with Crippen LogP contribution in [0.3, 0.4) is 0 Å². The number of carbonyl (C=O) groups excluding carboxylic acids is 2. The Bertz CT molecular complexity index is 1440. The van der Waals surface area contributed by atoms with Gasteiger partial charge < -0.3 is 25.6 Å². The van der Waals surface area contributed by atoms with Gasteiger partial charge in [-0.25, -0.2) is 13.8 Å². The van der Waals surface area contributed by atoms with Crippen molar-refractivity contribution in [1.82, 2.24) is 30.0 Å². The molecular formula is C27H32F5N7O4. The number of alkyl halides is 5. The Balaban J connectivity index is 1.66. The van der Waals surface area contributed by atoms with Crippen LogP contribution in [0, 0.1) is 0 Å². The number of imidazole rings is 1. The summed E-state index contributed by atoms with van der Waals surface area (Å²) in [6, 6.07) is 4.68. The van der Waals surface area contributed by atoms with E-state index < -0.39 is 42.3 Å². The molecule has 0 unspecified atom stereocenters. The molecule has 0 spiro atoms. The number of hydrogen-bond acceptors (Lipinski definition) is 6. The first-order chi connectivity index (χ1) is 20.3. The summed E-state index contributed by atoms with van der Waals surface area (Å²) < 4.78 is 67.9. The maximum absolute atomic E-state index is 13.6. The molecule has 0 aliphatic heterocycles. The van der Waals surface area contributed by atoms with Gasteiger partial charge in [-0.05, 0) is 49.6 Å². The number of hydrogen-bond donors (Lipinski definition) is 4. The highest BCUT2D eigenvalue weighted by atomic mass is 19.4. The number of carboxylic acid groups (broad SMARTS) is 1. The van der Waals surface area contributed by atoms with Gasteiger partial charge in [0.1, 0.15) is 6.54 Å². The normalized spacial score (nSPS) is 11.6. The summed E-state index contributed by atoms with van der Waals surface area (Å²) in [5, 5.41) is 20.1. The minimum atomic E-state index is -4.93. The lowest BCUT2D eigenvalue weighted by molar-refractivity contribution is -0.141. The van der Waals surface area contributed by atoms with E-state index in [1.54, 1.807) is 12.1 Å². The first-order valence-electron chi connectivity index (χ1n) is 13.4. The third kappa shape index (κ3) is 9.07. The zero-order valence-electron chi connectivity index (χ0n) is 23.5. The monoisotopic (exact) mass is 613 g/mol. The van der Waals surface area contributed by atoms with Gasteiger partial charge in [-0.15, -0.1) is 0 Å². The highest BCUT2D eigenvalue weighted by Crippen LogP contribution is 2.36. The lowest BCUT2D eigenvalue weighted by atomic mass is 10.0. The van der Waals surface area contributed by atoms with Crippen molar-refractivity contribution >= 4 is 23.5 Å². The number of halogens is 5. The molecule has 0 aliphatic carbocycles. The highest BCUT2D eigenvalue weighted by Gasteiger charge is 2.39. The number of amides is 2. The summed E-state index contributed by atoms with van der Waals surface area (Å²) in [6.45, 7) is 1.69. The number of anilines is 1. The van der Waals surface area contributed by atoms with E-state index in [-0.39, 0.29) is 24.0 Å². The molecule has 0 fully saturated rings. The van der Waals surface area contributed by atoms with Crippen LogP contribution in [0.1, 0.15) is 58.4 Å². The number of aryl methyl sites for hydroxylation is 1. The van der Waals surface area contributed by atoms with Gasteiger partial charge in [-0.1, -0.05) is 13.3 Å². The second kappa shape index (κ2) is 14.7. The second-order valence-electron chi connectivity index (χ2n) is 9.60. The number of unbranched alkanes of at least 4 members (excludes halogenated alkanes) is 2. The Labute approximate surface area is 243 Å². The molecule has 0 bridgehead atoms. The van der Waals surface area contributed by atoms with E-state index in [4.69, 9.17) is 5.11 Å². The maximum Gasteiger partial charge on any atom is 0.435 e. The predicted molar refractivity (Wildman–Crippen MR) is 146 cm³/mol. The summed E-state index contributed by atoms with van der Waals surface area (Å²) in [6.07, 6.45) is -3.24. The van der Waals surface area contributed by atoms with Gasteiger partial charge in [0.15, 0.2) is 11.5 Å². The van der Waals surface area contributed by atoms with Gasteiger partial charge in [-0.3, -0.25) is 19.1 Å². The number of carbonyl (C=O) groups is 3. The van der Waals surface area contributed by atoms with Crippen LogP contribution in [0.5, 0.6) is 0 Å². The summed E-state index contributed by atoms with van der Waals surface area (Å²) in [5.74, 6) is -2.18. The Morgan fingerprint density at radius 1 is 1.07 bits per heavy atom. The smallest absolute Gasteiger partial charge is 0.435 e. The van der Waals surface area contributed by atoms with Gasteiger partial charge in [-0.2, -0.15) is 18.3 Å². The molecule has 16 heteroatoms. The molecule has 0 saturated carbocycles. The molecule has 2 heterocycles. The minimum absolute atomic E-state index is 0.101. The number of carboxylic acids is 1. The molecule has 3 rings (SSSR count). The molecule has 0 radical (unpaired) electrons. The molecule has 2 aromatic heterocycles. The number of rotatable bonds is 15. The maximum atomic E-state index is 13.6. The van der Waals surface area contributed by atoms with Gasteiger partial charge in [0, 0.05) is 31.0 Å². The van der Waals surface area contributed by atoms with Crippen LogP contribution >= 0.6 is 0 Å². The first kappa shape index (κ1) is 33.2. The van der Waals surface area contributed by atoms with E-state index in [2.05, 4.69) is 26.0 Å². The van der Waals surface area contributed by atoms with E-state index in [1.807, 2.05) is 6.92 Å². The molecule has 43 heavy (non-hydrogen) atoms. The van der Waals surface area contributed by atoms with Crippen LogP contribution in [-0.4, -0.2) is 68.3 Å². The van der Waals surface area contributed by atoms with Gasteiger partial charge in [0.05, 0.1) is 24.0 Å². The summed E-state index contributed by atoms with van der Waals surface area (Å²) >= 11 is 0. The Morgan fingerprint density at radius 2 is 1.79 bits per heavy atom. The third-order valence-electron chi connectivity index (χ3n) is 6.40.